The minimum absolute atomic E-state index is 0.283. The van der Waals surface area contributed by atoms with Gasteiger partial charge in [0.15, 0.2) is 5.11 Å². The van der Waals surface area contributed by atoms with Crippen molar-refractivity contribution in [3.05, 3.63) is 113 Å². The van der Waals surface area contributed by atoms with Crippen LogP contribution in [0.5, 0.6) is 0 Å². The van der Waals surface area contributed by atoms with Crippen LogP contribution < -0.4 is 10.2 Å². The number of ether oxygens (including phenoxy) is 1. The first-order chi connectivity index (χ1) is 17.4. The smallest absolute Gasteiger partial charge is 0.337 e. The lowest BCUT2D eigenvalue weighted by Crippen LogP contribution is -2.30. The van der Waals surface area contributed by atoms with Crippen LogP contribution in [-0.2, 0) is 4.74 Å². The van der Waals surface area contributed by atoms with Crippen LogP contribution in [-0.4, -0.2) is 27.7 Å². The number of benzene rings is 2. The van der Waals surface area contributed by atoms with Crippen molar-refractivity contribution in [2.24, 2.45) is 0 Å². The molecule has 0 aliphatic carbocycles. The predicted octanol–water partition coefficient (Wildman–Crippen LogP) is 5.59. The highest BCUT2D eigenvalue weighted by molar-refractivity contribution is 7.80. The second kappa shape index (κ2) is 9.54. The molecule has 5 rings (SSSR count). The summed E-state index contributed by atoms with van der Waals surface area (Å²) in [6.07, 6.45) is 1.75. The minimum atomic E-state index is -0.382. The van der Waals surface area contributed by atoms with Crippen molar-refractivity contribution in [1.82, 2.24) is 14.9 Å². The van der Waals surface area contributed by atoms with Gasteiger partial charge in [0.05, 0.1) is 36.1 Å². The van der Waals surface area contributed by atoms with Crippen molar-refractivity contribution in [1.29, 1.82) is 0 Å². The van der Waals surface area contributed by atoms with Gasteiger partial charge in [-0.2, -0.15) is 0 Å². The Morgan fingerprint density at radius 1 is 1.06 bits per heavy atom. The zero-order chi connectivity index (χ0) is 25.4. The van der Waals surface area contributed by atoms with Gasteiger partial charge in [-0.05, 0) is 86.2 Å². The van der Waals surface area contributed by atoms with Gasteiger partial charge in [0, 0.05) is 23.3 Å². The highest BCUT2D eigenvalue weighted by atomic mass is 32.1. The standard InChI is InChI=1S/C28H25FN4O2S/c1-17-16-21(18(2)32(17)20-13-11-19(12-14-20)27(34)35-3)26-25(23-9-6-7-15-30-23)31-28(36)33(26)24-10-5-4-8-22(24)29/h4-16,25-26H,1-3H3,(H,31,36)/t25-,26+/m0/s1. The lowest BCUT2D eigenvalue weighted by Gasteiger charge is -2.28. The molecular weight excluding hydrogens is 475 g/mol. The fourth-order valence-electron chi connectivity index (χ4n) is 4.93. The Morgan fingerprint density at radius 2 is 1.78 bits per heavy atom. The van der Waals surface area contributed by atoms with Gasteiger partial charge < -0.3 is 19.5 Å². The highest BCUT2D eigenvalue weighted by Crippen LogP contribution is 2.44. The molecule has 1 fully saturated rings. The SMILES string of the molecule is COC(=O)c1ccc(-n2c(C)cc([C@@H]3[C@H](c4ccccn4)NC(=S)N3c3ccccc3F)c2C)cc1. The number of nitrogens with zero attached hydrogens (tertiary/aromatic N) is 3. The molecule has 0 bridgehead atoms. The topological polar surface area (TPSA) is 59.4 Å². The number of para-hydroxylation sites is 1. The summed E-state index contributed by atoms with van der Waals surface area (Å²) in [4.78, 5) is 18.3. The third-order valence-electron chi connectivity index (χ3n) is 6.55. The number of carbonyl (C=O) groups excluding carboxylic acids is 1. The average molecular weight is 501 g/mol. The van der Waals surface area contributed by atoms with Crippen LogP contribution in [0, 0.1) is 19.7 Å². The van der Waals surface area contributed by atoms with E-state index >= 15 is 4.39 Å². The molecule has 0 radical (unpaired) electrons. The van der Waals surface area contributed by atoms with E-state index < -0.39 is 0 Å². The number of hydrogen-bond donors (Lipinski definition) is 1. The van der Waals surface area contributed by atoms with Crippen LogP contribution in [0.4, 0.5) is 10.1 Å². The van der Waals surface area contributed by atoms with Crippen molar-refractivity contribution < 1.29 is 13.9 Å². The van der Waals surface area contributed by atoms with Gasteiger partial charge in [0.2, 0.25) is 0 Å². The molecule has 8 heteroatoms. The van der Waals surface area contributed by atoms with E-state index in [1.807, 2.05) is 49.1 Å². The van der Waals surface area contributed by atoms with Gasteiger partial charge >= 0.3 is 5.97 Å². The Labute approximate surface area is 214 Å². The lowest BCUT2D eigenvalue weighted by molar-refractivity contribution is 0.0600. The van der Waals surface area contributed by atoms with Crippen molar-refractivity contribution >= 4 is 29.0 Å². The fraction of sp³-hybridized carbons (Fsp3) is 0.179. The number of esters is 1. The zero-order valence-electron chi connectivity index (χ0n) is 20.1. The summed E-state index contributed by atoms with van der Waals surface area (Å²) in [6.45, 7) is 4.06. The maximum atomic E-state index is 15.0. The predicted molar refractivity (Wildman–Crippen MR) is 141 cm³/mol. The highest BCUT2D eigenvalue weighted by Gasteiger charge is 2.43. The van der Waals surface area contributed by atoms with E-state index in [9.17, 15) is 4.79 Å². The largest absolute Gasteiger partial charge is 0.465 e. The van der Waals surface area contributed by atoms with Gasteiger partial charge in [-0.1, -0.05) is 18.2 Å². The Hall–Kier alpha value is -4.04. The molecule has 2 aromatic carbocycles. The van der Waals surface area contributed by atoms with Crippen molar-refractivity contribution in [2.45, 2.75) is 25.9 Å². The number of thiocarbonyl (C=S) groups is 1. The Morgan fingerprint density at radius 3 is 2.44 bits per heavy atom. The molecule has 182 valence electrons. The van der Waals surface area contributed by atoms with E-state index in [1.54, 1.807) is 36.5 Å². The molecule has 2 aromatic heterocycles. The fourth-order valence-corrected chi connectivity index (χ4v) is 5.27. The maximum Gasteiger partial charge on any atom is 0.337 e. The molecule has 1 N–H and O–H groups in total. The number of hydrogen-bond acceptors (Lipinski definition) is 4. The van der Waals surface area contributed by atoms with Gasteiger partial charge in [-0.15, -0.1) is 0 Å². The van der Waals surface area contributed by atoms with Crippen LogP contribution in [0.2, 0.25) is 0 Å². The number of aryl methyl sites for hydroxylation is 1. The molecule has 0 amide bonds. The first-order valence-corrected chi connectivity index (χ1v) is 11.9. The van der Waals surface area contributed by atoms with E-state index in [4.69, 9.17) is 17.0 Å². The summed E-state index contributed by atoms with van der Waals surface area (Å²) in [7, 11) is 1.36. The van der Waals surface area contributed by atoms with E-state index in [2.05, 4.69) is 20.9 Å². The third-order valence-corrected chi connectivity index (χ3v) is 6.86. The van der Waals surface area contributed by atoms with E-state index in [-0.39, 0.29) is 23.9 Å². The lowest BCUT2D eigenvalue weighted by atomic mass is 9.96. The van der Waals surface area contributed by atoms with Crippen LogP contribution in [0.25, 0.3) is 5.69 Å². The summed E-state index contributed by atoms with van der Waals surface area (Å²) >= 11 is 5.73. The van der Waals surface area contributed by atoms with Crippen LogP contribution in [0.15, 0.2) is 79.0 Å². The molecule has 36 heavy (non-hydrogen) atoms. The number of aromatic nitrogens is 2. The maximum absolute atomic E-state index is 15.0. The molecule has 0 spiro atoms. The Bertz CT molecular complexity index is 1440. The molecular formula is C28H25FN4O2S. The monoisotopic (exact) mass is 500 g/mol. The van der Waals surface area contributed by atoms with Crippen LogP contribution >= 0.6 is 12.2 Å². The van der Waals surface area contributed by atoms with Gasteiger partial charge in [0.25, 0.3) is 0 Å². The third kappa shape index (κ3) is 4.03. The zero-order valence-corrected chi connectivity index (χ0v) is 20.9. The number of rotatable bonds is 5. The normalized spacial score (nSPS) is 17.2. The number of nitrogens with one attached hydrogen (secondary N) is 1. The number of anilines is 1. The van der Waals surface area contributed by atoms with Gasteiger partial charge in [-0.25, -0.2) is 9.18 Å². The second-order valence-corrected chi connectivity index (χ2v) is 9.04. The van der Waals surface area contributed by atoms with E-state index in [1.165, 1.54) is 13.2 Å². The molecule has 4 aromatic rings. The quantitative estimate of drug-likeness (QED) is 0.285. The molecule has 1 aliphatic rings. The Kier molecular flexibility index (Phi) is 6.28. The first kappa shape index (κ1) is 23.7. The van der Waals surface area contributed by atoms with Crippen molar-refractivity contribution in [3.63, 3.8) is 0 Å². The van der Waals surface area contributed by atoms with E-state index in [0.29, 0.717) is 16.4 Å². The van der Waals surface area contributed by atoms with Crippen LogP contribution in [0.3, 0.4) is 0 Å². The van der Waals surface area contributed by atoms with E-state index in [0.717, 1.165) is 28.3 Å². The molecule has 2 atom stereocenters. The summed E-state index contributed by atoms with van der Waals surface area (Å²) in [5.41, 5.74) is 5.59. The van der Waals surface area contributed by atoms with Gasteiger partial charge in [0.1, 0.15) is 5.82 Å². The summed E-state index contributed by atoms with van der Waals surface area (Å²) in [6, 6.07) is 21.1. The second-order valence-electron chi connectivity index (χ2n) is 8.65. The molecule has 0 saturated carbocycles. The summed E-state index contributed by atoms with van der Waals surface area (Å²) < 4.78 is 22.0. The molecule has 0 unspecified atom stereocenters. The summed E-state index contributed by atoms with van der Waals surface area (Å²) in [5, 5.41) is 3.82. The molecule has 1 saturated heterocycles. The number of pyridine rings is 1. The number of halogens is 1. The molecule has 1 aliphatic heterocycles. The van der Waals surface area contributed by atoms with Crippen LogP contribution in [0.1, 0.15) is 45.1 Å². The Balaban J connectivity index is 1.64. The summed E-state index contributed by atoms with van der Waals surface area (Å²) in [5.74, 6) is -0.729. The van der Waals surface area contributed by atoms with Gasteiger partial charge in [-0.3, -0.25) is 4.98 Å². The number of carbonyl (C=O) groups is 1. The van der Waals surface area contributed by atoms with Crippen molar-refractivity contribution in [2.75, 3.05) is 12.0 Å². The minimum Gasteiger partial charge on any atom is -0.465 e. The molecule has 6 nitrogen and oxygen atoms in total. The first-order valence-electron chi connectivity index (χ1n) is 11.5. The number of methoxy groups -OCH3 is 1. The molecule has 3 heterocycles. The average Bonchev–Trinajstić information content (AvgIpc) is 3.39. The van der Waals surface area contributed by atoms with Crippen molar-refractivity contribution in [3.8, 4) is 5.69 Å².